The number of aromatic nitrogens is 2. The van der Waals surface area contributed by atoms with E-state index in [9.17, 15) is 4.79 Å². The lowest BCUT2D eigenvalue weighted by Gasteiger charge is -2.29. The molecule has 24 heavy (non-hydrogen) atoms. The first-order chi connectivity index (χ1) is 11.6. The maximum atomic E-state index is 12.8. The minimum Gasteiger partial charge on any atom is -0.480 e. The second-order valence-electron chi connectivity index (χ2n) is 6.02. The fraction of sp³-hybridized carbons (Fsp3) is 0.353. The second-order valence-corrected chi connectivity index (χ2v) is 6.46. The zero-order chi connectivity index (χ0) is 16.7. The van der Waals surface area contributed by atoms with Crippen LogP contribution in [0.3, 0.4) is 0 Å². The smallest absolute Gasteiger partial charge is 0.264 e. The van der Waals surface area contributed by atoms with E-state index in [1.165, 1.54) is 0 Å². The van der Waals surface area contributed by atoms with Crippen LogP contribution >= 0.6 is 11.6 Å². The van der Waals surface area contributed by atoms with Crippen LogP contribution in [0.4, 0.5) is 5.82 Å². The molecule has 1 amide bonds. The van der Waals surface area contributed by atoms with E-state index in [1.54, 1.807) is 13.1 Å². The van der Waals surface area contributed by atoms with Gasteiger partial charge in [-0.2, -0.15) is 5.10 Å². The zero-order valence-electron chi connectivity index (χ0n) is 13.3. The number of carbonyl (C=O) groups is 1. The average Bonchev–Trinajstić information content (AvgIpc) is 3.03. The summed E-state index contributed by atoms with van der Waals surface area (Å²) in [5.41, 5.74) is 2.98. The molecule has 0 saturated heterocycles. The summed E-state index contributed by atoms with van der Waals surface area (Å²) in [6.45, 7) is 1.17. The Labute approximate surface area is 144 Å². The van der Waals surface area contributed by atoms with Crippen molar-refractivity contribution in [2.24, 2.45) is 0 Å². The number of halogens is 1. The molecule has 1 aromatic carbocycles. The van der Waals surface area contributed by atoms with Crippen molar-refractivity contribution in [2.75, 3.05) is 18.9 Å². The Morgan fingerprint density at radius 2 is 2.21 bits per heavy atom. The number of hydrogen-bond acceptors (Lipinski definition) is 5. The summed E-state index contributed by atoms with van der Waals surface area (Å²) in [5, 5.41) is 12.0. The Balaban J connectivity index is 1.50. The van der Waals surface area contributed by atoms with Crippen LogP contribution in [0.5, 0.6) is 5.75 Å². The molecule has 7 heteroatoms. The van der Waals surface area contributed by atoms with Crippen molar-refractivity contribution >= 4 is 23.3 Å². The molecule has 1 N–H and O–H groups in total. The molecular formula is C17H17ClN4O2. The number of amides is 1. The van der Waals surface area contributed by atoms with Crippen LogP contribution in [0.15, 0.2) is 24.3 Å². The van der Waals surface area contributed by atoms with E-state index in [1.807, 2.05) is 23.1 Å². The lowest BCUT2D eigenvalue weighted by atomic mass is 10.0. The second kappa shape index (κ2) is 5.94. The molecular weight excluding hydrogens is 328 g/mol. The van der Waals surface area contributed by atoms with Crippen LogP contribution in [0.1, 0.15) is 16.8 Å². The van der Waals surface area contributed by atoms with Gasteiger partial charge >= 0.3 is 0 Å². The van der Waals surface area contributed by atoms with Gasteiger partial charge in [0.2, 0.25) is 0 Å². The molecule has 0 bridgehead atoms. The fourth-order valence-electron chi connectivity index (χ4n) is 3.20. The van der Waals surface area contributed by atoms with Gasteiger partial charge < -0.3 is 15.0 Å². The predicted octanol–water partition coefficient (Wildman–Crippen LogP) is 2.06. The van der Waals surface area contributed by atoms with Crippen molar-refractivity contribution in [3.8, 4) is 5.75 Å². The van der Waals surface area contributed by atoms with Crippen LogP contribution in [-0.2, 0) is 24.2 Å². The number of hydrogen-bond donors (Lipinski definition) is 1. The topological polar surface area (TPSA) is 67.4 Å². The molecule has 0 aliphatic carbocycles. The number of carbonyl (C=O) groups excluding carboxylic acids is 1. The predicted molar refractivity (Wildman–Crippen MR) is 90.3 cm³/mol. The summed E-state index contributed by atoms with van der Waals surface area (Å²) < 4.78 is 5.82. The highest BCUT2D eigenvalue weighted by molar-refractivity contribution is 6.30. The molecule has 2 aliphatic rings. The van der Waals surface area contributed by atoms with Crippen LogP contribution in [-0.4, -0.2) is 40.7 Å². The SMILES string of the molecule is CNc1cc2c(nn1)CCN(C(=O)[C@H]1Cc3cc(Cl)ccc3O1)C2. The monoisotopic (exact) mass is 344 g/mol. The van der Waals surface area contributed by atoms with Gasteiger partial charge in [-0.3, -0.25) is 4.79 Å². The summed E-state index contributed by atoms with van der Waals surface area (Å²) in [5.74, 6) is 1.47. The van der Waals surface area contributed by atoms with E-state index in [0.29, 0.717) is 36.8 Å². The van der Waals surface area contributed by atoms with Gasteiger partial charge in [0.1, 0.15) is 11.6 Å². The molecule has 124 valence electrons. The van der Waals surface area contributed by atoms with E-state index in [2.05, 4.69) is 15.5 Å². The van der Waals surface area contributed by atoms with Crippen molar-refractivity contribution in [3.05, 3.63) is 46.1 Å². The first kappa shape index (κ1) is 15.2. The number of nitrogens with one attached hydrogen (secondary N) is 1. The van der Waals surface area contributed by atoms with Gasteiger partial charge in [0, 0.05) is 38.0 Å². The summed E-state index contributed by atoms with van der Waals surface area (Å²) in [7, 11) is 1.80. The largest absolute Gasteiger partial charge is 0.480 e. The maximum Gasteiger partial charge on any atom is 0.264 e. The van der Waals surface area contributed by atoms with E-state index in [4.69, 9.17) is 16.3 Å². The van der Waals surface area contributed by atoms with Gasteiger partial charge in [-0.15, -0.1) is 5.10 Å². The molecule has 0 unspecified atom stereocenters. The van der Waals surface area contributed by atoms with Crippen LogP contribution in [0.25, 0.3) is 0 Å². The number of nitrogens with zero attached hydrogens (tertiary/aromatic N) is 3. The van der Waals surface area contributed by atoms with Gasteiger partial charge in [-0.1, -0.05) is 11.6 Å². The Morgan fingerprint density at radius 3 is 3.04 bits per heavy atom. The van der Waals surface area contributed by atoms with Gasteiger partial charge in [0.25, 0.3) is 5.91 Å². The zero-order valence-corrected chi connectivity index (χ0v) is 14.0. The Bertz CT molecular complexity index is 811. The highest BCUT2D eigenvalue weighted by Crippen LogP contribution is 2.32. The molecule has 4 rings (SSSR count). The van der Waals surface area contributed by atoms with Gasteiger partial charge in [0.05, 0.1) is 5.69 Å². The highest BCUT2D eigenvalue weighted by atomic mass is 35.5. The third-order valence-electron chi connectivity index (χ3n) is 4.48. The first-order valence-electron chi connectivity index (χ1n) is 7.91. The molecule has 2 aliphatic heterocycles. The third-order valence-corrected chi connectivity index (χ3v) is 4.72. The molecule has 1 atom stereocenters. The van der Waals surface area contributed by atoms with E-state index in [0.717, 1.165) is 22.6 Å². The van der Waals surface area contributed by atoms with Gasteiger partial charge in [-0.25, -0.2) is 0 Å². The molecule has 0 spiro atoms. The van der Waals surface area contributed by atoms with Crippen molar-refractivity contribution in [2.45, 2.75) is 25.5 Å². The molecule has 0 saturated carbocycles. The minimum atomic E-state index is -0.474. The van der Waals surface area contributed by atoms with Crippen molar-refractivity contribution in [3.63, 3.8) is 0 Å². The molecule has 3 heterocycles. The van der Waals surface area contributed by atoms with E-state index in [-0.39, 0.29) is 5.91 Å². The highest BCUT2D eigenvalue weighted by Gasteiger charge is 2.34. The van der Waals surface area contributed by atoms with E-state index < -0.39 is 6.10 Å². The van der Waals surface area contributed by atoms with Crippen LogP contribution in [0, 0.1) is 0 Å². The lowest BCUT2D eigenvalue weighted by Crippen LogP contribution is -2.44. The number of anilines is 1. The number of fused-ring (bicyclic) bond motifs is 2. The Kier molecular flexibility index (Phi) is 3.76. The number of ether oxygens (including phenoxy) is 1. The summed E-state index contributed by atoms with van der Waals surface area (Å²) in [4.78, 5) is 14.7. The number of rotatable bonds is 2. The van der Waals surface area contributed by atoms with Gasteiger partial charge in [-0.05, 0) is 35.4 Å². The van der Waals surface area contributed by atoms with Gasteiger partial charge in [0.15, 0.2) is 6.10 Å². The maximum absolute atomic E-state index is 12.8. The minimum absolute atomic E-state index is 0.00999. The molecule has 6 nitrogen and oxygen atoms in total. The van der Waals surface area contributed by atoms with Crippen molar-refractivity contribution < 1.29 is 9.53 Å². The summed E-state index contributed by atoms with van der Waals surface area (Å²) in [6, 6.07) is 7.42. The Hall–Kier alpha value is -2.34. The lowest BCUT2D eigenvalue weighted by molar-refractivity contribution is -0.138. The summed E-state index contributed by atoms with van der Waals surface area (Å²) >= 11 is 6.01. The first-order valence-corrected chi connectivity index (χ1v) is 8.29. The fourth-order valence-corrected chi connectivity index (χ4v) is 3.39. The van der Waals surface area contributed by atoms with Crippen molar-refractivity contribution in [1.29, 1.82) is 0 Å². The summed E-state index contributed by atoms with van der Waals surface area (Å²) in [6.07, 6.45) is 0.802. The standard InChI is InChI=1S/C17H17ClN4O2/c1-19-16-8-11-9-22(5-4-13(11)20-21-16)17(23)15-7-10-6-12(18)2-3-14(10)24-15/h2-3,6,8,15H,4-5,7,9H2,1H3,(H,19,21)/t15-/m1/s1. The van der Waals surface area contributed by atoms with Crippen molar-refractivity contribution in [1.82, 2.24) is 15.1 Å². The van der Waals surface area contributed by atoms with Crippen LogP contribution < -0.4 is 10.1 Å². The van der Waals surface area contributed by atoms with Crippen LogP contribution in [0.2, 0.25) is 5.02 Å². The molecule has 1 aromatic heterocycles. The third kappa shape index (κ3) is 2.67. The Morgan fingerprint density at radius 1 is 1.33 bits per heavy atom. The number of benzene rings is 1. The quantitative estimate of drug-likeness (QED) is 0.903. The molecule has 2 aromatic rings. The molecule has 0 fully saturated rings. The molecule has 0 radical (unpaired) electrons. The normalized spacial score (nSPS) is 18.6. The average molecular weight is 345 g/mol. The van der Waals surface area contributed by atoms with E-state index >= 15 is 0 Å².